The quantitative estimate of drug-likeness (QED) is 0.846. The van der Waals surface area contributed by atoms with Crippen LogP contribution in [0.3, 0.4) is 0 Å². The summed E-state index contributed by atoms with van der Waals surface area (Å²) in [7, 11) is 0. The Bertz CT molecular complexity index is 334. The van der Waals surface area contributed by atoms with E-state index in [0.29, 0.717) is 18.4 Å². The minimum atomic E-state index is 0.300. The Kier molecular flexibility index (Phi) is 3.44. The Morgan fingerprint density at radius 2 is 2.31 bits per heavy atom. The third-order valence-corrected chi connectivity index (χ3v) is 3.27. The van der Waals surface area contributed by atoms with E-state index >= 15 is 0 Å². The van der Waals surface area contributed by atoms with Crippen molar-refractivity contribution in [1.82, 2.24) is 4.98 Å². The van der Waals surface area contributed by atoms with Gasteiger partial charge < -0.3 is 10.0 Å². The first-order valence-electron chi connectivity index (χ1n) is 6.02. The van der Waals surface area contributed by atoms with Crippen LogP contribution in [0.1, 0.15) is 31.9 Å². The van der Waals surface area contributed by atoms with Crippen LogP contribution in [0.15, 0.2) is 18.3 Å². The molecule has 1 saturated heterocycles. The number of rotatable bonds is 3. The van der Waals surface area contributed by atoms with Gasteiger partial charge in [-0.05, 0) is 24.5 Å². The lowest BCUT2D eigenvalue weighted by Gasteiger charge is -2.18. The maximum atomic E-state index is 9.11. The van der Waals surface area contributed by atoms with Gasteiger partial charge in [-0.25, -0.2) is 0 Å². The molecule has 3 nitrogen and oxygen atoms in total. The molecule has 1 unspecified atom stereocenters. The molecule has 0 saturated carbocycles. The molecule has 3 heteroatoms. The van der Waals surface area contributed by atoms with E-state index in [9.17, 15) is 0 Å². The molecule has 0 amide bonds. The summed E-state index contributed by atoms with van der Waals surface area (Å²) in [6, 6.07) is 4.24. The molecule has 1 N–H and O–H groups in total. The summed E-state index contributed by atoms with van der Waals surface area (Å²) in [5, 5.41) is 9.11. The lowest BCUT2D eigenvalue weighted by Crippen LogP contribution is -2.20. The number of aliphatic hydroxyl groups is 1. The van der Waals surface area contributed by atoms with Gasteiger partial charge >= 0.3 is 0 Å². The molecule has 0 radical (unpaired) electrons. The number of hydrogen-bond donors (Lipinski definition) is 1. The van der Waals surface area contributed by atoms with Crippen molar-refractivity contribution in [2.45, 2.75) is 26.2 Å². The van der Waals surface area contributed by atoms with Gasteiger partial charge in [0.25, 0.3) is 0 Å². The summed E-state index contributed by atoms with van der Waals surface area (Å²) in [6.45, 7) is 6.60. The van der Waals surface area contributed by atoms with Crippen molar-refractivity contribution in [3.63, 3.8) is 0 Å². The van der Waals surface area contributed by atoms with Gasteiger partial charge in [-0.2, -0.15) is 0 Å². The summed E-state index contributed by atoms with van der Waals surface area (Å²) >= 11 is 0. The van der Waals surface area contributed by atoms with Gasteiger partial charge in [0.05, 0.1) is 11.9 Å². The Hall–Kier alpha value is -1.09. The maximum Gasteiger partial charge on any atom is 0.0553 e. The first kappa shape index (κ1) is 11.4. The smallest absolute Gasteiger partial charge is 0.0553 e. The van der Waals surface area contributed by atoms with E-state index in [1.165, 1.54) is 5.69 Å². The third-order valence-electron chi connectivity index (χ3n) is 3.27. The second-order valence-corrected chi connectivity index (χ2v) is 4.88. The molecule has 1 atom stereocenters. The fourth-order valence-corrected chi connectivity index (χ4v) is 2.14. The largest absolute Gasteiger partial charge is 0.396 e. The van der Waals surface area contributed by atoms with Crippen LogP contribution >= 0.6 is 0 Å². The number of hydrogen-bond acceptors (Lipinski definition) is 3. The molecule has 1 aromatic heterocycles. The second-order valence-electron chi connectivity index (χ2n) is 4.88. The van der Waals surface area contributed by atoms with E-state index in [1.54, 1.807) is 0 Å². The van der Waals surface area contributed by atoms with E-state index in [2.05, 4.69) is 35.9 Å². The van der Waals surface area contributed by atoms with Crippen LogP contribution in [0.5, 0.6) is 0 Å². The molecular formula is C13H20N2O. The zero-order valence-electron chi connectivity index (χ0n) is 10.1. The SMILES string of the molecule is CC(C)c1ccc(N2CCC(CO)C2)cn1. The minimum absolute atomic E-state index is 0.300. The highest BCUT2D eigenvalue weighted by molar-refractivity contribution is 5.45. The molecule has 2 heterocycles. The lowest BCUT2D eigenvalue weighted by atomic mass is 10.1. The fraction of sp³-hybridized carbons (Fsp3) is 0.615. The molecule has 0 spiro atoms. The average Bonchev–Trinajstić information content (AvgIpc) is 2.77. The predicted octanol–water partition coefficient (Wildman–Crippen LogP) is 2.02. The number of aromatic nitrogens is 1. The van der Waals surface area contributed by atoms with E-state index in [0.717, 1.165) is 25.2 Å². The van der Waals surface area contributed by atoms with Crippen molar-refractivity contribution in [2.24, 2.45) is 5.92 Å². The molecule has 1 fully saturated rings. The topological polar surface area (TPSA) is 36.4 Å². The molecule has 88 valence electrons. The van der Waals surface area contributed by atoms with E-state index in [1.807, 2.05) is 6.20 Å². The number of aliphatic hydroxyl groups excluding tert-OH is 1. The number of anilines is 1. The van der Waals surface area contributed by atoms with Crippen LogP contribution in [-0.2, 0) is 0 Å². The van der Waals surface area contributed by atoms with Crippen molar-refractivity contribution in [2.75, 3.05) is 24.6 Å². The van der Waals surface area contributed by atoms with Gasteiger partial charge in [0.1, 0.15) is 0 Å². The minimum Gasteiger partial charge on any atom is -0.396 e. The summed E-state index contributed by atoms with van der Waals surface area (Å²) in [4.78, 5) is 6.77. The highest BCUT2D eigenvalue weighted by Crippen LogP contribution is 2.23. The molecule has 0 bridgehead atoms. The zero-order valence-corrected chi connectivity index (χ0v) is 10.1. The molecule has 0 aromatic carbocycles. The van der Waals surface area contributed by atoms with Gasteiger partial charge in [0.2, 0.25) is 0 Å². The highest BCUT2D eigenvalue weighted by Gasteiger charge is 2.21. The Balaban J connectivity index is 2.05. The van der Waals surface area contributed by atoms with Crippen molar-refractivity contribution in [3.05, 3.63) is 24.0 Å². The van der Waals surface area contributed by atoms with Crippen LogP contribution < -0.4 is 4.90 Å². The Labute approximate surface area is 97.1 Å². The van der Waals surface area contributed by atoms with Gasteiger partial charge in [-0.3, -0.25) is 4.98 Å². The molecule has 1 aliphatic heterocycles. The van der Waals surface area contributed by atoms with Crippen molar-refractivity contribution < 1.29 is 5.11 Å². The zero-order chi connectivity index (χ0) is 11.5. The van der Waals surface area contributed by atoms with Crippen molar-refractivity contribution in [3.8, 4) is 0 Å². The first-order chi connectivity index (χ1) is 7.70. The summed E-state index contributed by atoms with van der Waals surface area (Å²) in [5.41, 5.74) is 2.32. The molecule has 0 aliphatic carbocycles. The third kappa shape index (κ3) is 2.35. The summed E-state index contributed by atoms with van der Waals surface area (Å²) in [5.74, 6) is 0.919. The Morgan fingerprint density at radius 3 is 2.81 bits per heavy atom. The molecule has 16 heavy (non-hydrogen) atoms. The number of pyridine rings is 1. The molecule has 1 aliphatic rings. The highest BCUT2D eigenvalue weighted by atomic mass is 16.3. The first-order valence-corrected chi connectivity index (χ1v) is 6.02. The van der Waals surface area contributed by atoms with Crippen molar-refractivity contribution >= 4 is 5.69 Å². The lowest BCUT2D eigenvalue weighted by molar-refractivity contribution is 0.238. The number of nitrogens with zero attached hydrogens (tertiary/aromatic N) is 2. The Morgan fingerprint density at radius 1 is 1.50 bits per heavy atom. The second kappa shape index (κ2) is 4.83. The van der Waals surface area contributed by atoms with Crippen LogP contribution in [0.25, 0.3) is 0 Å². The van der Waals surface area contributed by atoms with Crippen molar-refractivity contribution in [1.29, 1.82) is 0 Å². The van der Waals surface area contributed by atoms with Gasteiger partial charge in [0, 0.05) is 31.3 Å². The normalized spacial score (nSPS) is 20.8. The van der Waals surface area contributed by atoms with Gasteiger partial charge in [-0.1, -0.05) is 13.8 Å². The van der Waals surface area contributed by atoms with Crippen LogP contribution in [0, 0.1) is 5.92 Å². The van der Waals surface area contributed by atoms with Gasteiger partial charge in [0.15, 0.2) is 0 Å². The standard InChI is InChI=1S/C13H20N2O/c1-10(2)13-4-3-12(7-14-13)15-6-5-11(8-15)9-16/h3-4,7,10-11,16H,5-6,8-9H2,1-2H3. The summed E-state index contributed by atoms with van der Waals surface area (Å²) in [6.07, 6.45) is 3.04. The van der Waals surface area contributed by atoms with Crippen LogP contribution in [0.4, 0.5) is 5.69 Å². The monoisotopic (exact) mass is 220 g/mol. The molecular weight excluding hydrogens is 200 g/mol. The molecule has 1 aromatic rings. The average molecular weight is 220 g/mol. The predicted molar refractivity (Wildman–Crippen MR) is 65.7 cm³/mol. The summed E-state index contributed by atoms with van der Waals surface area (Å²) < 4.78 is 0. The van der Waals surface area contributed by atoms with Gasteiger partial charge in [-0.15, -0.1) is 0 Å². The fourth-order valence-electron chi connectivity index (χ4n) is 2.14. The van der Waals surface area contributed by atoms with Crippen LogP contribution in [0.2, 0.25) is 0 Å². The van der Waals surface area contributed by atoms with E-state index in [-0.39, 0.29) is 0 Å². The van der Waals surface area contributed by atoms with E-state index in [4.69, 9.17) is 5.11 Å². The maximum absolute atomic E-state index is 9.11. The molecule has 2 rings (SSSR count). The van der Waals surface area contributed by atoms with E-state index < -0.39 is 0 Å². The van der Waals surface area contributed by atoms with Crippen LogP contribution in [-0.4, -0.2) is 29.8 Å².